The van der Waals surface area contributed by atoms with E-state index in [1.54, 1.807) is 31.4 Å². The molecule has 2 rings (SSSR count). The Morgan fingerprint density at radius 2 is 1.96 bits per heavy atom. The molecule has 2 amide bonds. The summed E-state index contributed by atoms with van der Waals surface area (Å²) in [6, 6.07) is 10.2. The highest BCUT2D eigenvalue weighted by atomic mass is 32.1. The van der Waals surface area contributed by atoms with Crippen molar-refractivity contribution in [2.24, 2.45) is 0 Å². The molecule has 0 unspecified atom stereocenters. The molecule has 0 fully saturated rings. The zero-order valence-electron chi connectivity index (χ0n) is 15.7. The van der Waals surface area contributed by atoms with Crippen molar-refractivity contribution in [1.29, 1.82) is 0 Å². The summed E-state index contributed by atoms with van der Waals surface area (Å²) in [6.07, 6.45) is 0.972. The zero-order chi connectivity index (χ0) is 19.5. The maximum Gasteiger partial charge on any atom is 0.247 e. The van der Waals surface area contributed by atoms with E-state index in [1.807, 2.05) is 24.4 Å². The van der Waals surface area contributed by atoms with E-state index in [2.05, 4.69) is 10.6 Å². The van der Waals surface area contributed by atoms with Crippen molar-refractivity contribution in [1.82, 2.24) is 10.6 Å². The number of benzene rings is 1. The lowest BCUT2D eigenvalue weighted by molar-refractivity contribution is -0.128. The first-order valence-electron chi connectivity index (χ1n) is 8.95. The normalized spacial score (nSPS) is 11.6. The Morgan fingerprint density at radius 3 is 2.59 bits per heavy atom. The number of carbonyl (C=O) groups is 2. The van der Waals surface area contributed by atoms with Crippen molar-refractivity contribution in [2.45, 2.75) is 25.8 Å². The van der Waals surface area contributed by atoms with E-state index in [0.29, 0.717) is 31.1 Å². The molecule has 27 heavy (non-hydrogen) atoms. The van der Waals surface area contributed by atoms with Crippen molar-refractivity contribution in [2.75, 3.05) is 26.9 Å². The summed E-state index contributed by atoms with van der Waals surface area (Å²) in [7, 11) is 1.58. The van der Waals surface area contributed by atoms with Crippen molar-refractivity contribution in [3.8, 4) is 5.75 Å². The van der Waals surface area contributed by atoms with E-state index >= 15 is 0 Å². The van der Waals surface area contributed by atoms with Crippen molar-refractivity contribution in [3.63, 3.8) is 0 Å². The van der Waals surface area contributed by atoms with E-state index in [-0.39, 0.29) is 18.2 Å². The van der Waals surface area contributed by atoms with Gasteiger partial charge in [0.15, 0.2) is 0 Å². The minimum absolute atomic E-state index is 0.192. The highest BCUT2D eigenvalue weighted by Gasteiger charge is 2.22. The molecule has 146 valence electrons. The Hall–Kier alpha value is -2.38. The van der Waals surface area contributed by atoms with Gasteiger partial charge in [-0.3, -0.25) is 9.59 Å². The molecule has 1 aromatic carbocycles. The zero-order valence-corrected chi connectivity index (χ0v) is 16.5. The Kier molecular flexibility index (Phi) is 8.80. The van der Waals surface area contributed by atoms with Crippen LogP contribution in [0.15, 0.2) is 41.8 Å². The van der Waals surface area contributed by atoms with Gasteiger partial charge in [-0.15, -0.1) is 11.3 Å². The van der Waals surface area contributed by atoms with Crippen molar-refractivity contribution < 1.29 is 19.1 Å². The summed E-state index contributed by atoms with van der Waals surface area (Å²) in [5, 5.41) is 7.64. The molecule has 7 heteroatoms. The number of nitrogens with one attached hydrogen (secondary N) is 2. The van der Waals surface area contributed by atoms with E-state index in [0.717, 1.165) is 11.3 Å². The van der Waals surface area contributed by atoms with Gasteiger partial charge in [-0.1, -0.05) is 18.2 Å². The van der Waals surface area contributed by atoms with Crippen LogP contribution in [0.4, 0.5) is 0 Å². The van der Waals surface area contributed by atoms with Crippen LogP contribution in [0.5, 0.6) is 5.75 Å². The molecular weight excluding hydrogens is 364 g/mol. The van der Waals surface area contributed by atoms with E-state index < -0.39 is 6.04 Å². The van der Waals surface area contributed by atoms with Crippen molar-refractivity contribution >= 4 is 23.2 Å². The molecule has 0 saturated carbocycles. The topological polar surface area (TPSA) is 76.7 Å². The molecule has 0 aliphatic carbocycles. The lowest BCUT2D eigenvalue weighted by atomic mass is 10.1. The van der Waals surface area contributed by atoms with Gasteiger partial charge in [0.1, 0.15) is 11.8 Å². The number of rotatable bonds is 11. The quantitative estimate of drug-likeness (QED) is 0.579. The Morgan fingerprint density at radius 1 is 1.19 bits per heavy atom. The van der Waals surface area contributed by atoms with E-state index in [1.165, 1.54) is 11.3 Å². The number of ether oxygens (including phenoxy) is 2. The van der Waals surface area contributed by atoms with Crippen LogP contribution in [0.25, 0.3) is 0 Å². The summed E-state index contributed by atoms with van der Waals surface area (Å²) in [5.74, 6) is 0.262. The first-order valence-corrected chi connectivity index (χ1v) is 9.83. The molecule has 0 radical (unpaired) electrons. The third-order valence-corrected chi connectivity index (χ3v) is 4.78. The molecule has 0 aliphatic rings. The molecule has 2 N–H and O–H groups in total. The standard InChI is InChI=1S/C20H26N2O4S/c1-3-26-12-5-11-21-20(24)19(15-7-9-16(25-2)10-8-15)22-18(23)14-17-6-4-13-27-17/h4,6-10,13,19H,3,5,11-12,14H2,1-2H3,(H,21,24)(H,22,23)/t19-/m1/s1. The molecule has 0 bridgehead atoms. The molecule has 0 saturated heterocycles. The number of methoxy groups -OCH3 is 1. The van der Waals surface area contributed by atoms with Gasteiger partial charge in [0.05, 0.1) is 13.5 Å². The fourth-order valence-corrected chi connectivity index (χ4v) is 3.22. The van der Waals surface area contributed by atoms with Gasteiger partial charge < -0.3 is 20.1 Å². The lowest BCUT2D eigenvalue weighted by Gasteiger charge is -2.19. The van der Waals surface area contributed by atoms with Crippen LogP contribution in [0.3, 0.4) is 0 Å². The summed E-state index contributed by atoms with van der Waals surface area (Å²) < 4.78 is 10.4. The highest BCUT2D eigenvalue weighted by Crippen LogP contribution is 2.19. The molecule has 0 spiro atoms. The third-order valence-electron chi connectivity index (χ3n) is 3.90. The van der Waals surface area contributed by atoms with Crippen molar-refractivity contribution in [3.05, 3.63) is 52.2 Å². The molecule has 1 atom stereocenters. The number of carbonyl (C=O) groups excluding carboxylic acids is 2. The van der Waals surface area contributed by atoms with Gasteiger partial charge in [0.25, 0.3) is 0 Å². The van der Waals surface area contributed by atoms with Crippen LogP contribution >= 0.6 is 11.3 Å². The third kappa shape index (κ3) is 7.03. The average molecular weight is 391 g/mol. The molecule has 1 aromatic heterocycles. The predicted octanol–water partition coefficient (Wildman–Crippen LogP) is 2.70. The fraction of sp³-hybridized carbons (Fsp3) is 0.400. The average Bonchev–Trinajstić information content (AvgIpc) is 3.19. The molecule has 2 aromatic rings. The van der Waals surface area contributed by atoms with E-state index in [9.17, 15) is 9.59 Å². The van der Waals surface area contributed by atoms with Gasteiger partial charge >= 0.3 is 0 Å². The molecule has 0 aliphatic heterocycles. The second-order valence-electron chi connectivity index (χ2n) is 5.87. The summed E-state index contributed by atoms with van der Waals surface area (Å²) >= 11 is 1.52. The van der Waals surface area contributed by atoms with Gasteiger partial charge in [-0.25, -0.2) is 0 Å². The molecular formula is C20H26N2O4S. The van der Waals surface area contributed by atoms with Crippen LogP contribution in [-0.2, 0) is 20.7 Å². The van der Waals surface area contributed by atoms with Crippen LogP contribution in [-0.4, -0.2) is 38.7 Å². The van der Waals surface area contributed by atoms with E-state index in [4.69, 9.17) is 9.47 Å². The first kappa shape index (κ1) is 20.9. The lowest BCUT2D eigenvalue weighted by Crippen LogP contribution is -2.41. The fourth-order valence-electron chi connectivity index (χ4n) is 2.51. The minimum atomic E-state index is -0.754. The Bertz CT molecular complexity index is 701. The predicted molar refractivity (Wildman–Crippen MR) is 106 cm³/mol. The van der Waals surface area contributed by atoms with Crippen LogP contribution in [0, 0.1) is 0 Å². The van der Waals surface area contributed by atoms with Gasteiger partial charge in [0.2, 0.25) is 11.8 Å². The Labute approximate surface area is 163 Å². The number of amides is 2. The minimum Gasteiger partial charge on any atom is -0.497 e. The summed E-state index contributed by atoms with van der Waals surface area (Å²) in [4.78, 5) is 26.0. The Balaban J connectivity index is 2.02. The van der Waals surface area contributed by atoms with Gasteiger partial charge in [-0.05, 0) is 42.5 Å². The molecule has 6 nitrogen and oxygen atoms in total. The summed E-state index contributed by atoms with van der Waals surface area (Å²) in [5.41, 5.74) is 0.706. The highest BCUT2D eigenvalue weighted by molar-refractivity contribution is 7.10. The van der Waals surface area contributed by atoms with Crippen LogP contribution in [0.2, 0.25) is 0 Å². The smallest absolute Gasteiger partial charge is 0.247 e. The molecule has 1 heterocycles. The number of hydrogen-bond acceptors (Lipinski definition) is 5. The number of hydrogen-bond donors (Lipinski definition) is 2. The second kappa shape index (κ2) is 11.4. The number of thiophene rings is 1. The largest absolute Gasteiger partial charge is 0.497 e. The van der Waals surface area contributed by atoms with Crippen LogP contribution in [0.1, 0.15) is 29.8 Å². The van der Waals surface area contributed by atoms with Crippen LogP contribution < -0.4 is 15.4 Å². The SMILES string of the molecule is CCOCCCNC(=O)[C@H](NC(=O)Cc1cccs1)c1ccc(OC)cc1. The van der Waals surface area contributed by atoms with Gasteiger partial charge in [-0.2, -0.15) is 0 Å². The second-order valence-corrected chi connectivity index (χ2v) is 6.90. The maximum absolute atomic E-state index is 12.7. The summed E-state index contributed by atoms with van der Waals surface area (Å²) in [6.45, 7) is 3.67. The van der Waals surface area contributed by atoms with Gasteiger partial charge in [0, 0.05) is 24.6 Å². The maximum atomic E-state index is 12.7. The first-order chi connectivity index (χ1) is 13.1. The monoisotopic (exact) mass is 390 g/mol.